The summed E-state index contributed by atoms with van der Waals surface area (Å²) in [7, 11) is 0. The summed E-state index contributed by atoms with van der Waals surface area (Å²) in [5.74, 6) is 0. The molecule has 20 heavy (non-hydrogen) atoms. The molecule has 2 aromatic heterocycles. The van der Waals surface area contributed by atoms with Crippen LogP contribution in [0.4, 0.5) is 4.79 Å². The van der Waals surface area contributed by atoms with Gasteiger partial charge in [-0.3, -0.25) is 4.98 Å². The van der Waals surface area contributed by atoms with Crippen LogP contribution >= 0.6 is 11.3 Å². The Morgan fingerprint density at radius 2 is 2.15 bits per heavy atom. The van der Waals surface area contributed by atoms with E-state index in [1.165, 1.54) is 11.3 Å². The van der Waals surface area contributed by atoms with Gasteiger partial charge < -0.3 is 10.2 Å². The third-order valence-corrected chi connectivity index (χ3v) is 3.82. The first-order valence-electron chi connectivity index (χ1n) is 6.63. The zero-order valence-electron chi connectivity index (χ0n) is 11.7. The highest BCUT2D eigenvalue weighted by Gasteiger charge is 2.10. The highest BCUT2D eigenvalue weighted by Crippen LogP contribution is 2.21. The number of hydrogen-bond acceptors (Lipinski definition) is 4. The van der Waals surface area contributed by atoms with Crippen LogP contribution in [0.25, 0.3) is 10.7 Å². The highest BCUT2D eigenvalue weighted by molar-refractivity contribution is 7.13. The molecule has 2 aromatic rings. The zero-order chi connectivity index (χ0) is 14.4. The van der Waals surface area contributed by atoms with Gasteiger partial charge >= 0.3 is 6.03 Å². The lowest BCUT2D eigenvalue weighted by atomic mass is 10.3. The van der Waals surface area contributed by atoms with E-state index in [1.54, 1.807) is 11.1 Å². The molecule has 106 valence electrons. The minimum atomic E-state index is -0.0533. The van der Waals surface area contributed by atoms with Gasteiger partial charge in [0, 0.05) is 24.7 Å². The van der Waals surface area contributed by atoms with Gasteiger partial charge in [0.2, 0.25) is 0 Å². The highest BCUT2D eigenvalue weighted by atomic mass is 32.1. The Kier molecular flexibility index (Phi) is 5.06. The third kappa shape index (κ3) is 3.54. The molecule has 0 fully saturated rings. The molecule has 2 rings (SSSR count). The fraction of sp³-hybridized carbons (Fsp3) is 0.357. The van der Waals surface area contributed by atoms with Crippen molar-refractivity contribution in [3.8, 4) is 10.7 Å². The summed E-state index contributed by atoms with van der Waals surface area (Å²) in [6.45, 7) is 5.78. The van der Waals surface area contributed by atoms with Crippen molar-refractivity contribution in [1.82, 2.24) is 20.2 Å². The topological polar surface area (TPSA) is 58.1 Å². The van der Waals surface area contributed by atoms with Gasteiger partial charge in [-0.25, -0.2) is 9.78 Å². The maximum atomic E-state index is 11.8. The molecule has 5 nitrogen and oxygen atoms in total. The van der Waals surface area contributed by atoms with E-state index in [0.717, 1.165) is 16.4 Å². The summed E-state index contributed by atoms with van der Waals surface area (Å²) in [4.78, 5) is 22.3. The van der Waals surface area contributed by atoms with E-state index in [0.29, 0.717) is 19.6 Å². The Hall–Kier alpha value is -1.95. The number of amides is 2. The summed E-state index contributed by atoms with van der Waals surface area (Å²) in [5, 5.41) is 5.70. The fourth-order valence-corrected chi connectivity index (χ4v) is 2.58. The van der Waals surface area contributed by atoms with Crippen LogP contribution < -0.4 is 5.32 Å². The van der Waals surface area contributed by atoms with Gasteiger partial charge in [-0.2, -0.15) is 0 Å². The molecule has 2 heterocycles. The predicted molar refractivity (Wildman–Crippen MR) is 80.5 cm³/mol. The summed E-state index contributed by atoms with van der Waals surface area (Å²) >= 11 is 1.54. The van der Waals surface area contributed by atoms with E-state index >= 15 is 0 Å². The second-order valence-corrected chi connectivity index (χ2v) is 5.05. The van der Waals surface area contributed by atoms with Crippen LogP contribution in [0.1, 0.15) is 19.5 Å². The second kappa shape index (κ2) is 7.00. The van der Waals surface area contributed by atoms with E-state index in [2.05, 4.69) is 15.3 Å². The monoisotopic (exact) mass is 290 g/mol. The van der Waals surface area contributed by atoms with Gasteiger partial charge in [0.15, 0.2) is 0 Å². The number of urea groups is 1. The van der Waals surface area contributed by atoms with Gasteiger partial charge in [0.1, 0.15) is 5.01 Å². The number of pyridine rings is 1. The molecule has 0 radical (unpaired) electrons. The number of rotatable bonds is 5. The average molecular weight is 290 g/mol. The lowest BCUT2D eigenvalue weighted by molar-refractivity contribution is 0.202. The molecule has 0 saturated heterocycles. The molecule has 6 heteroatoms. The molecular weight excluding hydrogens is 272 g/mol. The average Bonchev–Trinajstić information content (AvgIpc) is 2.96. The van der Waals surface area contributed by atoms with Crippen LogP contribution in [0.5, 0.6) is 0 Å². The van der Waals surface area contributed by atoms with Crippen molar-refractivity contribution in [2.45, 2.75) is 20.4 Å². The maximum absolute atomic E-state index is 11.8. The molecular formula is C14H18N4OS. The molecule has 0 aliphatic carbocycles. The number of thiazole rings is 1. The van der Waals surface area contributed by atoms with Crippen molar-refractivity contribution >= 4 is 17.4 Å². The number of nitrogens with zero attached hydrogens (tertiary/aromatic N) is 3. The van der Waals surface area contributed by atoms with E-state index < -0.39 is 0 Å². The van der Waals surface area contributed by atoms with Crippen molar-refractivity contribution in [2.75, 3.05) is 13.1 Å². The first-order chi connectivity index (χ1) is 9.74. The molecule has 0 spiro atoms. The minimum absolute atomic E-state index is 0.0533. The van der Waals surface area contributed by atoms with Crippen LogP contribution in [-0.4, -0.2) is 34.0 Å². The predicted octanol–water partition coefficient (Wildman–Crippen LogP) is 2.76. The second-order valence-electron chi connectivity index (χ2n) is 4.19. The van der Waals surface area contributed by atoms with E-state index in [9.17, 15) is 4.79 Å². The first kappa shape index (κ1) is 14.5. The Labute approximate surface area is 122 Å². The molecule has 0 aliphatic heterocycles. The molecule has 0 aliphatic rings. The lowest BCUT2D eigenvalue weighted by Gasteiger charge is -2.18. The van der Waals surface area contributed by atoms with Gasteiger partial charge in [0.05, 0.1) is 17.9 Å². The Morgan fingerprint density at radius 3 is 2.80 bits per heavy atom. The van der Waals surface area contributed by atoms with Crippen LogP contribution in [0, 0.1) is 0 Å². The number of aromatic nitrogens is 2. The van der Waals surface area contributed by atoms with Crippen LogP contribution in [-0.2, 0) is 6.54 Å². The van der Waals surface area contributed by atoms with Gasteiger partial charge in [-0.05, 0) is 26.0 Å². The first-order valence-corrected chi connectivity index (χ1v) is 7.51. The van der Waals surface area contributed by atoms with Gasteiger partial charge in [-0.1, -0.05) is 6.07 Å². The lowest BCUT2D eigenvalue weighted by Crippen LogP contribution is -2.39. The summed E-state index contributed by atoms with van der Waals surface area (Å²) in [6, 6.07) is 5.69. The van der Waals surface area contributed by atoms with Crippen molar-refractivity contribution in [1.29, 1.82) is 0 Å². The number of carbonyl (C=O) groups excluding carboxylic acids is 1. The fourth-order valence-electron chi connectivity index (χ4n) is 1.78. The zero-order valence-corrected chi connectivity index (χ0v) is 12.5. The number of hydrogen-bond donors (Lipinski definition) is 1. The number of nitrogens with one attached hydrogen (secondary N) is 1. The van der Waals surface area contributed by atoms with Crippen LogP contribution in [0.15, 0.2) is 29.8 Å². The maximum Gasteiger partial charge on any atom is 0.317 e. The molecule has 0 atom stereocenters. The van der Waals surface area contributed by atoms with E-state index in [-0.39, 0.29) is 6.03 Å². The summed E-state index contributed by atoms with van der Waals surface area (Å²) in [5.41, 5.74) is 1.72. The Bertz CT molecular complexity index is 551. The summed E-state index contributed by atoms with van der Waals surface area (Å²) < 4.78 is 0. The van der Waals surface area contributed by atoms with Crippen molar-refractivity contribution in [3.63, 3.8) is 0 Å². The van der Waals surface area contributed by atoms with Crippen molar-refractivity contribution in [3.05, 3.63) is 35.5 Å². The quantitative estimate of drug-likeness (QED) is 0.921. The molecule has 0 bridgehead atoms. The molecule has 1 N–H and O–H groups in total. The van der Waals surface area contributed by atoms with E-state index in [4.69, 9.17) is 0 Å². The molecule has 2 amide bonds. The largest absolute Gasteiger partial charge is 0.332 e. The molecule has 0 saturated carbocycles. The van der Waals surface area contributed by atoms with Crippen LogP contribution in [0.2, 0.25) is 0 Å². The van der Waals surface area contributed by atoms with Gasteiger partial charge in [-0.15, -0.1) is 11.3 Å². The SMILES string of the molecule is CCN(CC)C(=O)NCc1csc(-c2ccccn2)n1. The Morgan fingerprint density at radius 1 is 1.35 bits per heavy atom. The standard InChI is InChI=1S/C14H18N4OS/c1-3-18(4-2)14(19)16-9-11-10-20-13(17-11)12-7-5-6-8-15-12/h5-8,10H,3-4,9H2,1-2H3,(H,16,19). The Balaban J connectivity index is 1.95. The smallest absolute Gasteiger partial charge is 0.317 e. The normalized spacial score (nSPS) is 10.3. The van der Waals surface area contributed by atoms with Crippen LogP contribution in [0.3, 0.4) is 0 Å². The van der Waals surface area contributed by atoms with Gasteiger partial charge in [0.25, 0.3) is 0 Å². The third-order valence-electron chi connectivity index (χ3n) is 2.91. The molecule has 0 aromatic carbocycles. The minimum Gasteiger partial charge on any atom is -0.332 e. The van der Waals surface area contributed by atoms with E-state index in [1.807, 2.05) is 37.4 Å². The summed E-state index contributed by atoms with van der Waals surface area (Å²) in [6.07, 6.45) is 1.75. The number of carbonyl (C=O) groups is 1. The van der Waals surface area contributed by atoms with Crippen molar-refractivity contribution in [2.24, 2.45) is 0 Å². The van der Waals surface area contributed by atoms with Crippen molar-refractivity contribution < 1.29 is 4.79 Å². The molecule has 0 unspecified atom stereocenters.